The van der Waals surface area contributed by atoms with Gasteiger partial charge in [0, 0.05) is 18.1 Å². The highest BCUT2D eigenvalue weighted by Crippen LogP contribution is 2.31. The van der Waals surface area contributed by atoms with Crippen LogP contribution in [0.3, 0.4) is 0 Å². The van der Waals surface area contributed by atoms with Crippen LogP contribution in [0.25, 0.3) is 0 Å². The normalized spacial score (nSPS) is 29.4. The SMILES string of the molecule is CCN(CCCN(C)C)C1(CN)CCN(C)C(C)C1. The predicted molar refractivity (Wildman–Crippen MR) is 83.5 cm³/mol. The lowest BCUT2D eigenvalue weighted by Gasteiger charge is -2.50. The third kappa shape index (κ3) is 4.42. The quantitative estimate of drug-likeness (QED) is 0.751. The van der Waals surface area contributed by atoms with Crippen molar-refractivity contribution in [2.45, 2.75) is 44.7 Å². The van der Waals surface area contributed by atoms with Crippen LogP contribution in [-0.4, -0.2) is 80.1 Å². The van der Waals surface area contributed by atoms with E-state index in [0.29, 0.717) is 6.04 Å². The summed E-state index contributed by atoms with van der Waals surface area (Å²) in [6.45, 7) is 10.0. The summed E-state index contributed by atoms with van der Waals surface area (Å²) < 4.78 is 0. The van der Waals surface area contributed by atoms with E-state index in [1.54, 1.807) is 0 Å². The van der Waals surface area contributed by atoms with Crippen LogP contribution in [-0.2, 0) is 0 Å². The molecule has 1 rings (SSSR count). The maximum Gasteiger partial charge on any atom is 0.0358 e. The van der Waals surface area contributed by atoms with Gasteiger partial charge in [-0.3, -0.25) is 4.90 Å². The molecule has 2 atom stereocenters. The molecule has 2 unspecified atom stereocenters. The molecule has 1 saturated heterocycles. The third-order valence-electron chi connectivity index (χ3n) is 4.82. The zero-order chi connectivity index (χ0) is 14.5. The Balaban J connectivity index is 2.63. The monoisotopic (exact) mass is 270 g/mol. The number of nitrogens with two attached hydrogens (primary N) is 1. The molecule has 114 valence electrons. The van der Waals surface area contributed by atoms with E-state index in [1.807, 2.05) is 0 Å². The summed E-state index contributed by atoms with van der Waals surface area (Å²) in [4.78, 5) is 7.36. The van der Waals surface area contributed by atoms with Crippen molar-refractivity contribution in [2.24, 2.45) is 5.73 Å². The molecule has 1 fully saturated rings. The lowest BCUT2D eigenvalue weighted by Crippen LogP contribution is -2.61. The number of likely N-dealkylation sites (N-methyl/N-ethyl adjacent to an activating group) is 1. The standard InChI is InChI=1S/C15H34N4/c1-6-19(10-7-9-17(3)4)15(13-16)8-11-18(5)14(2)12-15/h14H,6-13,16H2,1-5H3. The fourth-order valence-electron chi connectivity index (χ4n) is 3.32. The predicted octanol–water partition coefficient (Wildman–Crippen LogP) is 1.07. The second-order valence-electron chi connectivity index (χ2n) is 6.45. The van der Waals surface area contributed by atoms with Crippen molar-refractivity contribution >= 4 is 0 Å². The van der Waals surface area contributed by atoms with Gasteiger partial charge in [-0.15, -0.1) is 0 Å². The van der Waals surface area contributed by atoms with E-state index in [-0.39, 0.29) is 5.54 Å². The van der Waals surface area contributed by atoms with E-state index in [9.17, 15) is 0 Å². The van der Waals surface area contributed by atoms with Crippen molar-refractivity contribution in [3.05, 3.63) is 0 Å². The van der Waals surface area contributed by atoms with Gasteiger partial charge in [0.05, 0.1) is 0 Å². The van der Waals surface area contributed by atoms with Crippen molar-refractivity contribution in [1.29, 1.82) is 0 Å². The van der Waals surface area contributed by atoms with Gasteiger partial charge in [0.15, 0.2) is 0 Å². The molecular formula is C15H34N4. The number of rotatable bonds is 7. The minimum absolute atomic E-state index is 0.229. The molecule has 4 heteroatoms. The highest BCUT2D eigenvalue weighted by atomic mass is 15.2. The average Bonchev–Trinajstić information content (AvgIpc) is 2.38. The Kier molecular flexibility index (Phi) is 6.74. The lowest BCUT2D eigenvalue weighted by atomic mass is 9.82. The first-order valence-corrected chi connectivity index (χ1v) is 7.75. The van der Waals surface area contributed by atoms with Crippen molar-refractivity contribution in [3.63, 3.8) is 0 Å². The molecule has 19 heavy (non-hydrogen) atoms. The minimum atomic E-state index is 0.229. The first kappa shape index (κ1) is 16.9. The summed E-state index contributed by atoms with van der Waals surface area (Å²) in [5.41, 5.74) is 6.41. The first-order chi connectivity index (χ1) is 8.95. The third-order valence-corrected chi connectivity index (χ3v) is 4.82. The Morgan fingerprint density at radius 3 is 2.47 bits per heavy atom. The average molecular weight is 270 g/mol. The Hall–Kier alpha value is -0.160. The molecule has 0 saturated carbocycles. The van der Waals surface area contributed by atoms with Gasteiger partial charge >= 0.3 is 0 Å². The topological polar surface area (TPSA) is 35.7 Å². The molecule has 1 heterocycles. The number of hydrogen-bond acceptors (Lipinski definition) is 4. The summed E-state index contributed by atoms with van der Waals surface area (Å²) in [5, 5.41) is 0. The van der Waals surface area contributed by atoms with Gasteiger partial charge in [-0.1, -0.05) is 6.92 Å². The van der Waals surface area contributed by atoms with Crippen LogP contribution >= 0.6 is 0 Å². The lowest BCUT2D eigenvalue weighted by molar-refractivity contribution is 0.0119. The molecular weight excluding hydrogens is 236 g/mol. The molecule has 1 aliphatic heterocycles. The Labute approximate surface area is 119 Å². The molecule has 0 spiro atoms. The van der Waals surface area contributed by atoms with Crippen molar-refractivity contribution < 1.29 is 0 Å². The van der Waals surface area contributed by atoms with Gasteiger partial charge in [0.1, 0.15) is 0 Å². The van der Waals surface area contributed by atoms with Crippen LogP contribution < -0.4 is 5.73 Å². The molecule has 0 radical (unpaired) electrons. The van der Waals surface area contributed by atoms with Crippen LogP contribution in [0.1, 0.15) is 33.1 Å². The molecule has 4 nitrogen and oxygen atoms in total. The fraction of sp³-hybridized carbons (Fsp3) is 1.00. The Morgan fingerprint density at radius 2 is 2.00 bits per heavy atom. The molecule has 0 amide bonds. The van der Waals surface area contributed by atoms with Gasteiger partial charge in [0.2, 0.25) is 0 Å². The number of hydrogen-bond donors (Lipinski definition) is 1. The number of piperidine rings is 1. The van der Waals surface area contributed by atoms with Crippen molar-refractivity contribution in [2.75, 3.05) is 53.9 Å². The molecule has 1 aliphatic rings. The van der Waals surface area contributed by atoms with Crippen LogP contribution in [0.4, 0.5) is 0 Å². The summed E-state index contributed by atoms with van der Waals surface area (Å²) in [5.74, 6) is 0. The molecule has 0 bridgehead atoms. The van der Waals surface area contributed by atoms with Crippen LogP contribution in [0.5, 0.6) is 0 Å². The molecule has 0 aromatic rings. The molecule has 0 aliphatic carbocycles. The Bertz CT molecular complexity index is 257. The summed E-state index contributed by atoms with van der Waals surface area (Å²) in [6, 6.07) is 0.639. The van der Waals surface area contributed by atoms with Crippen LogP contribution in [0.15, 0.2) is 0 Å². The van der Waals surface area contributed by atoms with Gasteiger partial charge in [0.25, 0.3) is 0 Å². The summed E-state index contributed by atoms with van der Waals surface area (Å²) in [7, 11) is 6.52. The van der Waals surface area contributed by atoms with Gasteiger partial charge in [-0.2, -0.15) is 0 Å². The Morgan fingerprint density at radius 1 is 1.32 bits per heavy atom. The molecule has 0 aromatic heterocycles. The van der Waals surface area contributed by atoms with Gasteiger partial charge in [-0.25, -0.2) is 0 Å². The largest absolute Gasteiger partial charge is 0.329 e. The van der Waals surface area contributed by atoms with Crippen molar-refractivity contribution in [3.8, 4) is 0 Å². The highest BCUT2D eigenvalue weighted by Gasteiger charge is 2.39. The first-order valence-electron chi connectivity index (χ1n) is 7.75. The zero-order valence-electron chi connectivity index (χ0n) is 13.7. The fourth-order valence-corrected chi connectivity index (χ4v) is 3.32. The van der Waals surface area contributed by atoms with E-state index < -0.39 is 0 Å². The molecule has 2 N–H and O–H groups in total. The summed E-state index contributed by atoms with van der Waals surface area (Å²) >= 11 is 0. The van der Waals surface area contributed by atoms with E-state index in [0.717, 1.165) is 19.6 Å². The highest BCUT2D eigenvalue weighted by molar-refractivity contribution is 4.98. The maximum atomic E-state index is 6.18. The smallest absolute Gasteiger partial charge is 0.0358 e. The van der Waals surface area contributed by atoms with Crippen molar-refractivity contribution in [1.82, 2.24) is 14.7 Å². The minimum Gasteiger partial charge on any atom is -0.329 e. The van der Waals surface area contributed by atoms with E-state index in [4.69, 9.17) is 5.73 Å². The summed E-state index contributed by atoms with van der Waals surface area (Å²) in [6.07, 6.45) is 3.64. The van der Waals surface area contributed by atoms with E-state index in [1.165, 1.54) is 32.4 Å². The van der Waals surface area contributed by atoms with E-state index >= 15 is 0 Å². The number of likely N-dealkylation sites (tertiary alicyclic amines) is 1. The van der Waals surface area contributed by atoms with Crippen LogP contribution in [0.2, 0.25) is 0 Å². The van der Waals surface area contributed by atoms with Gasteiger partial charge in [-0.05, 0) is 73.5 Å². The van der Waals surface area contributed by atoms with Gasteiger partial charge < -0.3 is 15.5 Å². The number of nitrogens with zero attached hydrogens (tertiary/aromatic N) is 3. The maximum absolute atomic E-state index is 6.18. The van der Waals surface area contributed by atoms with Crippen LogP contribution in [0, 0.1) is 0 Å². The second kappa shape index (κ2) is 7.58. The molecule has 0 aromatic carbocycles. The zero-order valence-corrected chi connectivity index (χ0v) is 13.7. The second-order valence-corrected chi connectivity index (χ2v) is 6.45. The van der Waals surface area contributed by atoms with E-state index in [2.05, 4.69) is 49.7 Å².